The molecule has 20 heavy (non-hydrogen) atoms. The molecule has 0 spiro atoms. The number of carbonyl (C=O) groups excluding carboxylic acids is 1. The minimum absolute atomic E-state index is 0.162. The summed E-state index contributed by atoms with van der Waals surface area (Å²) in [6.07, 6.45) is 3.58. The Morgan fingerprint density at radius 3 is 2.90 bits per heavy atom. The molecule has 1 rings (SSSR count). The first-order valence-electron chi connectivity index (χ1n) is 7.26. The van der Waals surface area contributed by atoms with E-state index >= 15 is 0 Å². The van der Waals surface area contributed by atoms with Crippen LogP contribution >= 0.6 is 12.2 Å². The highest BCUT2D eigenvalue weighted by atomic mass is 32.1. The van der Waals surface area contributed by atoms with E-state index in [4.69, 9.17) is 22.7 Å². The standard InChI is InChI=1S/C14H27N3O2S/c1-16(8-5-13(15)20)14(18)6-9-17-7-3-4-12(10-17)11-19-2/h12H,3-11H2,1-2H3,(H2,15,20). The molecule has 0 bridgehead atoms. The molecule has 0 aromatic rings. The van der Waals surface area contributed by atoms with Crippen LogP contribution in [0.5, 0.6) is 0 Å². The van der Waals surface area contributed by atoms with Gasteiger partial charge in [-0.25, -0.2) is 0 Å². The lowest BCUT2D eigenvalue weighted by molar-refractivity contribution is -0.130. The fourth-order valence-electron chi connectivity index (χ4n) is 2.57. The smallest absolute Gasteiger partial charge is 0.223 e. The Morgan fingerprint density at radius 1 is 1.50 bits per heavy atom. The fourth-order valence-corrected chi connectivity index (χ4v) is 2.66. The third-order valence-electron chi connectivity index (χ3n) is 3.77. The maximum atomic E-state index is 12.0. The molecule has 1 unspecified atom stereocenters. The minimum Gasteiger partial charge on any atom is -0.393 e. The van der Waals surface area contributed by atoms with Crippen LogP contribution in [0.25, 0.3) is 0 Å². The van der Waals surface area contributed by atoms with Gasteiger partial charge in [0.15, 0.2) is 0 Å². The van der Waals surface area contributed by atoms with E-state index in [9.17, 15) is 4.79 Å². The molecule has 1 fully saturated rings. The van der Waals surface area contributed by atoms with E-state index in [1.165, 1.54) is 12.8 Å². The quantitative estimate of drug-likeness (QED) is 0.674. The highest BCUT2D eigenvalue weighted by Crippen LogP contribution is 2.16. The van der Waals surface area contributed by atoms with Crippen LogP contribution in [-0.2, 0) is 9.53 Å². The average Bonchev–Trinajstić information content (AvgIpc) is 2.43. The van der Waals surface area contributed by atoms with Crippen molar-refractivity contribution in [2.75, 3.05) is 46.9 Å². The lowest BCUT2D eigenvalue weighted by atomic mass is 9.99. The second kappa shape index (κ2) is 9.26. The van der Waals surface area contributed by atoms with Crippen molar-refractivity contribution in [2.45, 2.75) is 25.7 Å². The van der Waals surface area contributed by atoms with Crippen molar-refractivity contribution in [3.63, 3.8) is 0 Å². The third kappa shape index (κ3) is 6.63. The molecule has 1 saturated heterocycles. The van der Waals surface area contributed by atoms with Crippen LogP contribution in [0.15, 0.2) is 0 Å². The van der Waals surface area contributed by atoms with Gasteiger partial charge in [0.1, 0.15) is 0 Å². The van der Waals surface area contributed by atoms with Crippen molar-refractivity contribution >= 4 is 23.1 Å². The molecule has 1 aliphatic rings. The average molecular weight is 301 g/mol. The van der Waals surface area contributed by atoms with Crippen LogP contribution < -0.4 is 5.73 Å². The molecule has 0 aromatic carbocycles. The normalized spacial score (nSPS) is 19.8. The molecule has 0 aliphatic carbocycles. The topological polar surface area (TPSA) is 58.8 Å². The summed E-state index contributed by atoms with van der Waals surface area (Å²) in [7, 11) is 3.56. The molecule has 0 saturated carbocycles. The van der Waals surface area contributed by atoms with Crippen molar-refractivity contribution in [2.24, 2.45) is 11.7 Å². The van der Waals surface area contributed by atoms with Gasteiger partial charge in [-0.15, -0.1) is 0 Å². The Labute approximate surface area is 127 Å². The number of hydrogen-bond acceptors (Lipinski definition) is 4. The number of amides is 1. The number of nitrogens with two attached hydrogens (primary N) is 1. The van der Waals surface area contributed by atoms with Gasteiger partial charge in [0.25, 0.3) is 0 Å². The Morgan fingerprint density at radius 2 is 2.25 bits per heavy atom. The summed E-state index contributed by atoms with van der Waals surface area (Å²) in [6, 6.07) is 0. The molecule has 0 radical (unpaired) electrons. The monoisotopic (exact) mass is 301 g/mol. The lowest BCUT2D eigenvalue weighted by Crippen LogP contribution is -2.39. The van der Waals surface area contributed by atoms with Gasteiger partial charge < -0.3 is 20.3 Å². The van der Waals surface area contributed by atoms with E-state index in [1.807, 2.05) is 7.05 Å². The van der Waals surface area contributed by atoms with Crippen molar-refractivity contribution < 1.29 is 9.53 Å². The number of piperidine rings is 1. The summed E-state index contributed by atoms with van der Waals surface area (Å²) in [5.74, 6) is 0.770. The predicted octanol–water partition coefficient (Wildman–Crippen LogP) is 0.870. The maximum absolute atomic E-state index is 12.0. The summed E-state index contributed by atoms with van der Waals surface area (Å²) < 4.78 is 5.22. The molecular weight excluding hydrogens is 274 g/mol. The van der Waals surface area contributed by atoms with E-state index < -0.39 is 0 Å². The second-order valence-electron chi connectivity index (χ2n) is 5.55. The minimum atomic E-state index is 0.162. The summed E-state index contributed by atoms with van der Waals surface area (Å²) in [5, 5.41) is 0. The van der Waals surface area contributed by atoms with Gasteiger partial charge in [-0.05, 0) is 25.3 Å². The summed E-state index contributed by atoms with van der Waals surface area (Å²) in [6.45, 7) is 4.39. The molecule has 6 heteroatoms. The zero-order valence-corrected chi connectivity index (χ0v) is 13.5. The van der Waals surface area contributed by atoms with Crippen LogP contribution in [0.1, 0.15) is 25.7 Å². The number of carbonyl (C=O) groups is 1. The SMILES string of the molecule is COCC1CCCN(CCC(=O)N(C)CCC(N)=S)C1. The second-order valence-corrected chi connectivity index (χ2v) is 6.07. The number of rotatable bonds is 8. The Bertz CT molecular complexity index is 324. The molecular formula is C14H27N3O2S. The molecule has 1 atom stereocenters. The van der Waals surface area contributed by atoms with Gasteiger partial charge in [0.05, 0.1) is 11.6 Å². The first kappa shape index (κ1) is 17.3. The molecule has 5 nitrogen and oxygen atoms in total. The number of likely N-dealkylation sites (tertiary alicyclic amines) is 1. The summed E-state index contributed by atoms with van der Waals surface area (Å²) >= 11 is 4.83. The van der Waals surface area contributed by atoms with Gasteiger partial charge in [0.2, 0.25) is 5.91 Å². The number of hydrogen-bond donors (Lipinski definition) is 1. The first-order chi connectivity index (χ1) is 9.52. The zero-order valence-electron chi connectivity index (χ0n) is 12.6. The highest BCUT2D eigenvalue weighted by molar-refractivity contribution is 7.80. The molecule has 1 aliphatic heterocycles. The van der Waals surface area contributed by atoms with Gasteiger partial charge in [-0.2, -0.15) is 0 Å². The summed E-state index contributed by atoms with van der Waals surface area (Å²) in [5.41, 5.74) is 5.45. The van der Waals surface area contributed by atoms with Crippen LogP contribution in [0.4, 0.5) is 0 Å². The molecule has 0 aromatic heterocycles. The Balaban J connectivity index is 2.24. The van der Waals surface area contributed by atoms with Gasteiger partial charge in [-0.3, -0.25) is 4.79 Å². The van der Waals surface area contributed by atoms with Crippen LogP contribution in [0.2, 0.25) is 0 Å². The molecule has 2 N–H and O–H groups in total. The Kier molecular flexibility index (Phi) is 8.02. The highest BCUT2D eigenvalue weighted by Gasteiger charge is 2.20. The van der Waals surface area contributed by atoms with E-state index in [2.05, 4.69) is 4.90 Å². The fraction of sp³-hybridized carbons (Fsp3) is 0.857. The molecule has 1 amide bonds. The number of nitrogens with zero attached hydrogens (tertiary/aromatic N) is 2. The van der Waals surface area contributed by atoms with Gasteiger partial charge in [-0.1, -0.05) is 12.2 Å². The van der Waals surface area contributed by atoms with Gasteiger partial charge in [0, 0.05) is 46.6 Å². The molecule has 1 heterocycles. The predicted molar refractivity (Wildman–Crippen MR) is 84.7 cm³/mol. The van der Waals surface area contributed by atoms with Crippen LogP contribution in [0, 0.1) is 5.92 Å². The van der Waals surface area contributed by atoms with E-state index in [1.54, 1.807) is 12.0 Å². The van der Waals surface area contributed by atoms with Crippen molar-refractivity contribution in [3.05, 3.63) is 0 Å². The number of thiocarbonyl (C=S) groups is 1. The van der Waals surface area contributed by atoms with Gasteiger partial charge >= 0.3 is 0 Å². The van der Waals surface area contributed by atoms with Crippen LogP contribution in [-0.4, -0.2) is 67.6 Å². The maximum Gasteiger partial charge on any atom is 0.223 e. The number of ether oxygens (including phenoxy) is 1. The molecule has 116 valence electrons. The van der Waals surface area contributed by atoms with E-state index in [-0.39, 0.29) is 5.91 Å². The van der Waals surface area contributed by atoms with E-state index in [0.29, 0.717) is 30.3 Å². The Hall–Kier alpha value is -0.720. The number of methoxy groups -OCH3 is 1. The largest absolute Gasteiger partial charge is 0.393 e. The zero-order chi connectivity index (χ0) is 15.0. The van der Waals surface area contributed by atoms with Crippen molar-refractivity contribution in [3.8, 4) is 0 Å². The first-order valence-corrected chi connectivity index (χ1v) is 7.67. The van der Waals surface area contributed by atoms with Crippen molar-refractivity contribution in [1.82, 2.24) is 9.80 Å². The lowest BCUT2D eigenvalue weighted by Gasteiger charge is -2.32. The third-order valence-corrected chi connectivity index (χ3v) is 3.97. The van der Waals surface area contributed by atoms with Crippen molar-refractivity contribution in [1.29, 1.82) is 0 Å². The summed E-state index contributed by atoms with van der Waals surface area (Å²) in [4.78, 5) is 16.5. The van der Waals surface area contributed by atoms with E-state index in [0.717, 1.165) is 26.2 Å². The van der Waals surface area contributed by atoms with Crippen LogP contribution in [0.3, 0.4) is 0 Å².